The van der Waals surface area contributed by atoms with Gasteiger partial charge in [-0.1, -0.05) is 36.4 Å². The zero-order chi connectivity index (χ0) is 23.7. The molecular formula is C27H25N5O2. The van der Waals surface area contributed by atoms with Gasteiger partial charge in [0.05, 0.1) is 17.0 Å². The van der Waals surface area contributed by atoms with Gasteiger partial charge >= 0.3 is 0 Å². The Bertz CT molecular complexity index is 1560. The molecule has 7 heteroatoms. The van der Waals surface area contributed by atoms with Gasteiger partial charge in [0, 0.05) is 34.3 Å². The molecule has 6 rings (SSSR count). The Morgan fingerprint density at radius 3 is 2.47 bits per heavy atom. The summed E-state index contributed by atoms with van der Waals surface area (Å²) in [6.07, 6.45) is 2.87. The van der Waals surface area contributed by atoms with Crippen LogP contribution in [0.2, 0.25) is 0 Å². The second-order valence-corrected chi connectivity index (χ2v) is 9.75. The number of aliphatic hydroxyl groups is 1. The number of phenolic OH excluding ortho intramolecular Hbond substituents is 1. The van der Waals surface area contributed by atoms with Gasteiger partial charge in [-0.05, 0) is 56.0 Å². The summed E-state index contributed by atoms with van der Waals surface area (Å²) in [7, 11) is 0. The topological polar surface area (TPSA) is 110 Å². The highest BCUT2D eigenvalue weighted by atomic mass is 16.3. The van der Waals surface area contributed by atoms with Gasteiger partial charge in [-0.25, -0.2) is 9.97 Å². The summed E-state index contributed by atoms with van der Waals surface area (Å²) < 4.78 is 1.76. The maximum Gasteiger partial charge on any atom is 0.165 e. The monoisotopic (exact) mass is 451 g/mol. The van der Waals surface area contributed by atoms with Crippen LogP contribution in [0.1, 0.15) is 31.0 Å². The molecular weight excluding hydrogens is 426 g/mol. The van der Waals surface area contributed by atoms with Gasteiger partial charge in [-0.3, -0.25) is 0 Å². The first-order valence-corrected chi connectivity index (χ1v) is 11.3. The van der Waals surface area contributed by atoms with Crippen molar-refractivity contribution < 1.29 is 10.2 Å². The van der Waals surface area contributed by atoms with E-state index >= 15 is 0 Å². The summed E-state index contributed by atoms with van der Waals surface area (Å²) in [6.45, 7) is 3.75. The number of phenols is 1. The fraction of sp³-hybridized carbons (Fsp3) is 0.222. The number of hydrogen-bond donors (Lipinski definition) is 3. The number of pyridine rings is 1. The molecule has 0 amide bonds. The molecule has 0 saturated heterocycles. The lowest BCUT2D eigenvalue weighted by atomic mass is 9.63. The van der Waals surface area contributed by atoms with Crippen molar-refractivity contribution >= 4 is 16.7 Å². The highest BCUT2D eigenvalue weighted by Gasteiger charge is 2.49. The van der Waals surface area contributed by atoms with E-state index in [1.165, 1.54) is 0 Å². The summed E-state index contributed by atoms with van der Waals surface area (Å²) in [5, 5.41) is 25.7. The number of benzene rings is 2. The summed E-state index contributed by atoms with van der Waals surface area (Å²) >= 11 is 0. The number of hydrogen-bond acceptors (Lipinski definition) is 6. The van der Waals surface area contributed by atoms with Crippen molar-refractivity contribution in [3.8, 4) is 28.1 Å². The smallest absolute Gasteiger partial charge is 0.165 e. The lowest BCUT2D eigenvalue weighted by Gasteiger charge is -2.49. The van der Waals surface area contributed by atoms with Crippen molar-refractivity contribution in [3.05, 3.63) is 78.1 Å². The minimum atomic E-state index is -0.711. The standard InChI is InChI=1S/C27H25N5O2/c1-16-10-23-29-13-19-12-22(18-4-3-5-21(33)11-18)24(30-25(19)32(23)31-16)17-6-8-20(9-7-17)27(28)14-26(2,34)15-27/h3-13,33-34H,14-15,28H2,1-2H3/t26-,27-. The van der Waals surface area contributed by atoms with E-state index in [2.05, 4.69) is 10.1 Å². The largest absolute Gasteiger partial charge is 0.508 e. The summed E-state index contributed by atoms with van der Waals surface area (Å²) in [5.74, 6) is 0.192. The summed E-state index contributed by atoms with van der Waals surface area (Å²) in [4.78, 5) is 9.58. The van der Waals surface area contributed by atoms with Crippen LogP contribution in [0.3, 0.4) is 0 Å². The predicted octanol–water partition coefficient (Wildman–Crippen LogP) is 4.32. The Labute approximate surface area is 196 Å². The van der Waals surface area contributed by atoms with E-state index in [4.69, 9.17) is 10.7 Å². The number of nitrogens with two attached hydrogens (primary N) is 1. The molecule has 1 saturated carbocycles. The van der Waals surface area contributed by atoms with Crippen LogP contribution in [0.4, 0.5) is 0 Å². The van der Waals surface area contributed by atoms with Crippen molar-refractivity contribution in [1.29, 1.82) is 0 Å². The lowest BCUT2D eigenvalue weighted by Crippen LogP contribution is -2.58. The average Bonchev–Trinajstić information content (AvgIpc) is 3.18. The molecule has 1 aliphatic rings. The van der Waals surface area contributed by atoms with Crippen molar-refractivity contribution in [3.63, 3.8) is 0 Å². The molecule has 0 unspecified atom stereocenters. The van der Waals surface area contributed by atoms with Crippen molar-refractivity contribution in [2.75, 3.05) is 0 Å². The van der Waals surface area contributed by atoms with Gasteiger partial charge in [0.25, 0.3) is 0 Å². The Hall–Kier alpha value is -3.81. The maximum absolute atomic E-state index is 10.2. The first kappa shape index (κ1) is 20.8. The number of aromatic hydroxyl groups is 1. The molecule has 34 heavy (non-hydrogen) atoms. The molecule has 3 heterocycles. The molecule has 3 aromatic heterocycles. The molecule has 0 bridgehead atoms. The molecule has 5 aromatic rings. The van der Waals surface area contributed by atoms with Gasteiger partial charge in [0.15, 0.2) is 11.3 Å². The molecule has 0 spiro atoms. The van der Waals surface area contributed by atoms with Crippen LogP contribution in [-0.2, 0) is 5.54 Å². The van der Waals surface area contributed by atoms with Crippen molar-refractivity contribution in [2.45, 2.75) is 37.8 Å². The number of aromatic nitrogens is 4. The molecule has 0 radical (unpaired) electrons. The molecule has 0 aliphatic heterocycles. The van der Waals surface area contributed by atoms with Crippen LogP contribution >= 0.6 is 0 Å². The van der Waals surface area contributed by atoms with E-state index in [1.54, 1.807) is 22.8 Å². The number of nitrogens with zero attached hydrogens (tertiary/aromatic N) is 4. The van der Waals surface area contributed by atoms with Crippen LogP contribution in [0.5, 0.6) is 5.75 Å². The zero-order valence-corrected chi connectivity index (χ0v) is 19.0. The molecule has 1 fully saturated rings. The average molecular weight is 452 g/mol. The molecule has 2 aromatic carbocycles. The van der Waals surface area contributed by atoms with Gasteiger partial charge in [-0.15, -0.1) is 0 Å². The first-order chi connectivity index (χ1) is 16.2. The van der Waals surface area contributed by atoms with Gasteiger partial charge < -0.3 is 15.9 Å². The SMILES string of the molecule is Cc1cc2ncc3cc(-c4cccc(O)c4)c(-c4ccc([C@]5(N)C[C@](C)(O)C5)cc4)nc3n2n1. The van der Waals surface area contributed by atoms with Crippen molar-refractivity contribution in [2.24, 2.45) is 5.73 Å². The van der Waals surface area contributed by atoms with Crippen LogP contribution in [0, 0.1) is 6.92 Å². The Kier molecular flexibility index (Phi) is 4.33. The third-order valence-electron chi connectivity index (χ3n) is 6.66. The lowest BCUT2D eigenvalue weighted by molar-refractivity contribution is -0.0738. The third-order valence-corrected chi connectivity index (χ3v) is 6.66. The minimum Gasteiger partial charge on any atom is -0.508 e. The molecule has 0 atom stereocenters. The van der Waals surface area contributed by atoms with E-state index in [0.29, 0.717) is 18.5 Å². The van der Waals surface area contributed by atoms with Gasteiger partial charge in [-0.2, -0.15) is 9.61 Å². The molecule has 1 aliphatic carbocycles. The Morgan fingerprint density at radius 1 is 1.00 bits per heavy atom. The van der Waals surface area contributed by atoms with Crippen LogP contribution < -0.4 is 5.73 Å². The molecule has 4 N–H and O–H groups in total. The van der Waals surface area contributed by atoms with E-state index in [9.17, 15) is 10.2 Å². The zero-order valence-electron chi connectivity index (χ0n) is 19.0. The Morgan fingerprint density at radius 2 is 1.76 bits per heavy atom. The fourth-order valence-corrected chi connectivity index (χ4v) is 5.24. The highest BCUT2D eigenvalue weighted by Crippen LogP contribution is 2.46. The van der Waals surface area contributed by atoms with E-state index in [-0.39, 0.29) is 5.75 Å². The third kappa shape index (κ3) is 3.32. The second-order valence-electron chi connectivity index (χ2n) is 9.75. The van der Waals surface area contributed by atoms with E-state index in [1.807, 2.05) is 62.4 Å². The maximum atomic E-state index is 10.2. The number of rotatable bonds is 3. The quantitative estimate of drug-likeness (QED) is 0.377. The van der Waals surface area contributed by atoms with Gasteiger partial charge in [0.2, 0.25) is 0 Å². The number of fused-ring (bicyclic) bond motifs is 3. The van der Waals surface area contributed by atoms with Crippen LogP contribution in [0.25, 0.3) is 39.1 Å². The Balaban J connectivity index is 1.54. The molecule has 170 valence electrons. The predicted molar refractivity (Wildman–Crippen MR) is 131 cm³/mol. The summed E-state index contributed by atoms with van der Waals surface area (Å²) in [6, 6.07) is 19.2. The minimum absolute atomic E-state index is 0.192. The normalized spacial score (nSPS) is 22.2. The molecule has 7 nitrogen and oxygen atoms in total. The van der Waals surface area contributed by atoms with Gasteiger partial charge in [0.1, 0.15) is 5.75 Å². The second kappa shape index (κ2) is 7.09. The highest BCUT2D eigenvalue weighted by molar-refractivity contribution is 5.91. The van der Waals surface area contributed by atoms with Crippen LogP contribution in [0.15, 0.2) is 66.9 Å². The van der Waals surface area contributed by atoms with E-state index < -0.39 is 11.1 Å². The first-order valence-electron chi connectivity index (χ1n) is 11.3. The van der Waals surface area contributed by atoms with Crippen LogP contribution in [-0.4, -0.2) is 35.4 Å². The summed E-state index contributed by atoms with van der Waals surface area (Å²) in [5.41, 5.74) is 12.1. The van der Waals surface area contributed by atoms with Crippen molar-refractivity contribution in [1.82, 2.24) is 19.6 Å². The number of aryl methyl sites for hydroxylation is 1. The fourth-order valence-electron chi connectivity index (χ4n) is 5.24. The van der Waals surface area contributed by atoms with E-state index in [0.717, 1.165) is 44.7 Å².